The van der Waals surface area contributed by atoms with E-state index in [1.165, 1.54) is 16.7 Å². The molecule has 2 aliphatic rings. The molecule has 0 aromatic heterocycles. The van der Waals surface area contributed by atoms with Gasteiger partial charge in [-0.05, 0) is 48.3 Å². The highest BCUT2D eigenvalue weighted by molar-refractivity contribution is 5.88. The molecule has 1 aromatic carbocycles. The van der Waals surface area contributed by atoms with Crippen LogP contribution in [0.5, 0.6) is 0 Å². The highest BCUT2D eigenvalue weighted by Gasteiger charge is 2.55. The summed E-state index contributed by atoms with van der Waals surface area (Å²) in [5.74, 6) is 1.64. The average molecular weight is 268 g/mol. The highest BCUT2D eigenvalue weighted by atomic mass is 16.1. The fourth-order valence-electron chi connectivity index (χ4n) is 3.78. The van der Waals surface area contributed by atoms with Crippen LogP contribution in [0.4, 0.5) is 0 Å². The molecule has 3 unspecified atom stereocenters. The number of aryl methyl sites for hydroxylation is 2. The third-order valence-electron chi connectivity index (χ3n) is 5.36. The maximum absolute atomic E-state index is 12.6. The van der Waals surface area contributed by atoms with Gasteiger partial charge in [-0.15, -0.1) is 0 Å². The zero-order valence-corrected chi connectivity index (χ0v) is 12.8. The van der Waals surface area contributed by atoms with Crippen LogP contribution in [-0.2, 0) is 17.6 Å². The highest BCUT2D eigenvalue weighted by Crippen LogP contribution is 2.58. The Morgan fingerprint density at radius 3 is 2.70 bits per heavy atom. The van der Waals surface area contributed by atoms with Crippen LogP contribution in [0.15, 0.2) is 30.4 Å². The first-order valence-electron chi connectivity index (χ1n) is 7.84. The lowest BCUT2D eigenvalue weighted by molar-refractivity contribution is -0.139. The van der Waals surface area contributed by atoms with Crippen LogP contribution in [-0.4, -0.2) is 5.78 Å². The second-order valence-corrected chi connectivity index (χ2v) is 6.81. The van der Waals surface area contributed by atoms with E-state index in [2.05, 4.69) is 51.1 Å². The number of carbonyl (C=O) groups is 1. The summed E-state index contributed by atoms with van der Waals surface area (Å²) in [6.45, 7) is 6.52. The number of carbonyl (C=O) groups excluding carboxylic acids is 1. The Morgan fingerprint density at radius 2 is 2.15 bits per heavy atom. The van der Waals surface area contributed by atoms with Crippen LogP contribution < -0.4 is 0 Å². The van der Waals surface area contributed by atoms with E-state index in [0.717, 1.165) is 19.3 Å². The molecule has 20 heavy (non-hydrogen) atoms. The van der Waals surface area contributed by atoms with Gasteiger partial charge in [0.1, 0.15) is 5.78 Å². The van der Waals surface area contributed by atoms with E-state index in [0.29, 0.717) is 24.0 Å². The quantitative estimate of drug-likeness (QED) is 0.729. The molecule has 1 nitrogen and oxygen atoms in total. The molecule has 0 amide bonds. The Kier molecular flexibility index (Phi) is 3.32. The van der Waals surface area contributed by atoms with Crippen molar-refractivity contribution in [1.29, 1.82) is 0 Å². The SMILES string of the molecule is CCCc1cc(CC(=O)C2(C)CC3C=CC32)ccc1C. The van der Waals surface area contributed by atoms with Gasteiger partial charge in [0.05, 0.1) is 0 Å². The van der Waals surface area contributed by atoms with Gasteiger partial charge in [-0.2, -0.15) is 0 Å². The molecule has 1 heteroatoms. The number of fused-ring (bicyclic) bond motifs is 1. The fourth-order valence-corrected chi connectivity index (χ4v) is 3.78. The Bertz CT molecular complexity index is 569. The monoisotopic (exact) mass is 268 g/mol. The van der Waals surface area contributed by atoms with Crippen molar-refractivity contribution in [3.8, 4) is 0 Å². The van der Waals surface area contributed by atoms with Gasteiger partial charge >= 0.3 is 0 Å². The molecule has 0 N–H and O–H groups in total. The summed E-state index contributed by atoms with van der Waals surface area (Å²) in [5, 5.41) is 0. The van der Waals surface area contributed by atoms with E-state index in [4.69, 9.17) is 0 Å². The lowest BCUT2D eigenvalue weighted by Crippen LogP contribution is -2.53. The maximum Gasteiger partial charge on any atom is 0.143 e. The van der Waals surface area contributed by atoms with Crippen molar-refractivity contribution in [3.63, 3.8) is 0 Å². The molecular formula is C19H24O. The molecule has 106 valence electrons. The predicted octanol–water partition coefficient (Wildman–Crippen LogP) is 4.27. The molecule has 0 aliphatic heterocycles. The van der Waals surface area contributed by atoms with Crippen LogP contribution in [0, 0.1) is 24.2 Å². The van der Waals surface area contributed by atoms with Gasteiger partial charge in [-0.1, -0.05) is 50.6 Å². The van der Waals surface area contributed by atoms with Gasteiger partial charge in [0.15, 0.2) is 0 Å². The molecule has 3 atom stereocenters. The minimum Gasteiger partial charge on any atom is -0.299 e. The number of hydrogen-bond acceptors (Lipinski definition) is 1. The standard InChI is InChI=1S/C19H24O/c1-4-5-15-10-14(7-6-13(15)2)11-18(20)19(3)12-16-8-9-17(16)19/h6-10,16-17H,4-5,11-12H2,1-3H3. The second kappa shape index (κ2) is 4.87. The van der Waals surface area contributed by atoms with Gasteiger partial charge in [0, 0.05) is 11.8 Å². The van der Waals surface area contributed by atoms with Crippen LogP contribution >= 0.6 is 0 Å². The van der Waals surface area contributed by atoms with E-state index < -0.39 is 0 Å². The van der Waals surface area contributed by atoms with Crippen molar-refractivity contribution >= 4 is 5.78 Å². The van der Waals surface area contributed by atoms with Crippen LogP contribution in [0.25, 0.3) is 0 Å². The summed E-state index contributed by atoms with van der Waals surface area (Å²) < 4.78 is 0. The van der Waals surface area contributed by atoms with Crippen molar-refractivity contribution in [2.24, 2.45) is 17.3 Å². The molecule has 1 aromatic rings. The molecule has 0 bridgehead atoms. The Labute approximate surface area is 122 Å². The van der Waals surface area contributed by atoms with E-state index >= 15 is 0 Å². The zero-order chi connectivity index (χ0) is 14.3. The van der Waals surface area contributed by atoms with Gasteiger partial charge < -0.3 is 0 Å². The molecule has 0 spiro atoms. The number of allylic oxidation sites excluding steroid dienone is 2. The molecule has 0 saturated heterocycles. The van der Waals surface area contributed by atoms with E-state index in [1.807, 2.05) is 0 Å². The minimum atomic E-state index is -0.0881. The first-order chi connectivity index (χ1) is 9.54. The summed E-state index contributed by atoms with van der Waals surface area (Å²) in [6.07, 6.45) is 8.41. The molecule has 1 saturated carbocycles. The molecule has 2 aliphatic carbocycles. The van der Waals surface area contributed by atoms with E-state index in [-0.39, 0.29) is 5.41 Å². The third-order valence-corrected chi connectivity index (χ3v) is 5.36. The number of Topliss-reactive ketones (excluding diaryl/α,β-unsaturated/α-hetero) is 1. The molecule has 0 heterocycles. The second-order valence-electron chi connectivity index (χ2n) is 6.81. The summed E-state index contributed by atoms with van der Waals surface area (Å²) in [4.78, 5) is 12.6. The molecular weight excluding hydrogens is 244 g/mol. The van der Waals surface area contributed by atoms with Crippen molar-refractivity contribution in [2.45, 2.75) is 46.5 Å². The van der Waals surface area contributed by atoms with Crippen LogP contribution in [0.3, 0.4) is 0 Å². The first-order valence-corrected chi connectivity index (χ1v) is 7.84. The number of ketones is 1. The van der Waals surface area contributed by atoms with Gasteiger partial charge in [0.2, 0.25) is 0 Å². The first kappa shape index (κ1) is 13.6. The predicted molar refractivity (Wildman–Crippen MR) is 82.7 cm³/mol. The number of benzene rings is 1. The molecule has 0 radical (unpaired) electrons. The van der Waals surface area contributed by atoms with Gasteiger partial charge in [-0.25, -0.2) is 0 Å². The lowest BCUT2D eigenvalue weighted by atomic mass is 9.48. The maximum atomic E-state index is 12.6. The minimum absolute atomic E-state index is 0.0881. The van der Waals surface area contributed by atoms with E-state index in [9.17, 15) is 4.79 Å². The molecule has 1 fully saturated rings. The van der Waals surface area contributed by atoms with E-state index in [1.54, 1.807) is 0 Å². The number of hydrogen-bond donors (Lipinski definition) is 0. The smallest absolute Gasteiger partial charge is 0.143 e. The number of rotatable bonds is 5. The zero-order valence-electron chi connectivity index (χ0n) is 12.8. The van der Waals surface area contributed by atoms with Crippen LogP contribution in [0.2, 0.25) is 0 Å². The molecule has 3 rings (SSSR count). The van der Waals surface area contributed by atoms with Crippen molar-refractivity contribution < 1.29 is 4.79 Å². The van der Waals surface area contributed by atoms with Crippen molar-refractivity contribution in [3.05, 3.63) is 47.0 Å². The van der Waals surface area contributed by atoms with Crippen molar-refractivity contribution in [1.82, 2.24) is 0 Å². The Hall–Kier alpha value is -1.37. The topological polar surface area (TPSA) is 17.1 Å². The Balaban J connectivity index is 1.73. The summed E-state index contributed by atoms with van der Waals surface area (Å²) in [5.41, 5.74) is 3.85. The largest absolute Gasteiger partial charge is 0.299 e. The summed E-state index contributed by atoms with van der Waals surface area (Å²) in [6, 6.07) is 6.54. The fraction of sp³-hybridized carbons (Fsp3) is 0.526. The lowest BCUT2D eigenvalue weighted by Gasteiger charge is -2.55. The third kappa shape index (κ3) is 2.04. The summed E-state index contributed by atoms with van der Waals surface area (Å²) in [7, 11) is 0. The average Bonchev–Trinajstić information content (AvgIpc) is 2.39. The van der Waals surface area contributed by atoms with Gasteiger partial charge in [-0.3, -0.25) is 4.79 Å². The normalized spacial score (nSPS) is 30.4. The van der Waals surface area contributed by atoms with Crippen molar-refractivity contribution in [2.75, 3.05) is 0 Å². The van der Waals surface area contributed by atoms with Crippen LogP contribution in [0.1, 0.15) is 43.4 Å². The Morgan fingerprint density at radius 1 is 1.35 bits per heavy atom. The summed E-state index contributed by atoms with van der Waals surface area (Å²) >= 11 is 0. The van der Waals surface area contributed by atoms with Gasteiger partial charge in [0.25, 0.3) is 0 Å².